The van der Waals surface area contributed by atoms with Crippen molar-refractivity contribution in [1.82, 2.24) is 10.2 Å². The molecule has 2 aliphatic rings. The molecule has 0 aromatic rings. The van der Waals surface area contributed by atoms with Crippen LogP contribution in [0.2, 0.25) is 0 Å². The van der Waals surface area contributed by atoms with Crippen LogP contribution < -0.4 is 5.32 Å². The first-order chi connectivity index (χ1) is 6.29. The van der Waals surface area contributed by atoms with Crippen LogP contribution in [0.15, 0.2) is 0 Å². The number of nitrogens with zero attached hydrogens (tertiary/aromatic N) is 1. The molecular formula is C10H14N2O. The van der Waals surface area contributed by atoms with Gasteiger partial charge < -0.3 is 5.32 Å². The largest absolute Gasteiger partial charge is 0.344 e. The van der Waals surface area contributed by atoms with Crippen molar-refractivity contribution < 1.29 is 4.79 Å². The van der Waals surface area contributed by atoms with Crippen molar-refractivity contribution in [1.29, 1.82) is 0 Å². The minimum Gasteiger partial charge on any atom is -0.344 e. The number of carbonyl (C=O) groups is 1. The van der Waals surface area contributed by atoms with Crippen LogP contribution in [0, 0.1) is 24.2 Å². The molecule has 1 amide bonds. The summed E-state index contributed by atoms with van der Waals surface area (Å²) in [5.74, 6) is 4.22. The van der Waals surface area contributed by atoms with Crippen LogP contribution in [0.4, 0.5) is 0 Å². The summed E-state index contributed by atoms with van der Waals surface area (Å²) in [4.78, 5) is 13.4. The van der Waals surface area contributed by atoms with Gasteiger partial charge in [-0.25, -0.2) is 0 Å². The van der Waals surface area contributed by atoms with Gasteiger partial charge in [-0.05, 0) is 18.3 Å². The summed E-state index contributed by atoms with van der Waals surface area (Å²) < 4.78 is 0. The van der Waals surface area contributed by atoms with Crippen molar-refractivity contribution in [3.05, 3.63) is 0 Å². The molecule has 1 N–H and O–H groups in total. The van der Waals surface area contributed by atoms with Gasteiger partial charge in [0.2, 0.25) is 5.91 Å². The SMILES string of the molecule is C#CCNC(=O)CN1CC2CC2C1. The molecule has 0 radical (unpaired) electrons. The van der Waals surface area contributed by atoms with E-state index in [0.29, 0.717) is 13.1 Å². The van der Waals surface area contributed by atoms with Gasteiger partial charge in [0.25, 0.3) is 0 Å². The second-order valence-corrected chi connectivity index (χ2v) is 3.93. The molecule has 3 nitrogen and oxygen atoms in total. The summed E-state index contributed by atoms with van der Waals surface area (Å²) in [5, 5.41) is 2.67. The fourth-order valence-corrected chi connectivity index (χ4v) is 2.03. The Morgan fingerprint density at radius 2 is 2.23 bits per heavy atom. The Morgan fingerprint density at radius 1 is 1.54 bits per heavy atom. The number of fused-ring (bicyclic) bond motifs is 1. The summed E-state index contributed by atoms with van der Waals surface area (Å²) in [5.41, 5.74) is 0. The molecule has 1 saturated carbocycles. The zero-order valence-electron chi connectivity index (χ0n) is 7.62. The van der Waals surface area contributed by atoms with E-state index in [1.165, 1.54) is 6.42 Å². The number of carbonyl (C=O) groups excluding carboxylic acids is 1. The third-order valence-electron chi connectivity index (χ3n) is 2.81. The molecule has 70 valence electrons. The maximum absolute atomic E-state index is 11.2. The highest BCUT2D eigenvalue weighted by atomic mass is 16.2. The van der Waals surface area contributed by atoms with Gasteiger partial charge in [0.05, 0.1) is 13.1 Å². The lowest BCUT2D eigenvalue weighted by molar-refractivity contribution is -0.121. The molecule has 13 heavy (non-hydrogen) atoms. The van der Waals surface area contributed by atoms with Gasteiger partial charge in [-0.15, -0.1) is 6.42 Å². The molecule has 0 aromatic carbocycles. The van der Waals surface area contributed by atoms with E-state index < -0.39 is 0 Å². The lowest BCUT2D eigenvalue weighted by Gasteiger charge is -2.15. The smallest absolute Gasteiger partial charge is 0.234 e. The third kappa shape index (κ3) is 2.02. The van der Waals surface area contributed by atoms with E-state index in [0.717, 1.165) is 24.9 Å². The van der Waals surface area contributed by atoms with Crippen molar-refractivity contribution in [2.75, 3.05) is 26.2 Å². The van der Waals surface area contributed by atoms with Crippen LogP contribution in [0.3, 0.4) is 0 Å². The van der Waals surface area contributed by atoms with E-state index >= 15 is 0 Å². The highest BCUT2D eigenvalue weighted by Crippen LogP contribution is 2.44. The van der Waals surface area contributed by atoms with E-state index in [4.69, 9.17) is 6.42 Å². The van der Waals surface area contributed by atoms with Crippen molar-refractivity contribution in [2.45, 2.75) is 6.42 Å². The van der Waals surface area contributed by atoms with E-state index in [2.05, 4.69) is 16.1 Å². The third-order valence-corrected chi connectivity index (χ3v) is 2.81. The van der Waals surface area contributed by atoms with Crippen molar-refractivity contribution in [3.63, 3.8) is 0 Å². The molecule has 1 aliphatic heterocycles. The number of nitrogens with one attached hydrogen (secondary N) is 1. The zero-order valence-corrected chi connectivity index (χ0v) is 7.62. The fraction of sp³-hybridized carbons (Fsp3) is 0.700. The van der Waals surface area contributed by atoms with Crippen LogP contribution in [-0.2, 0) is 4.79 Å². The molecule has 0 aromatic heterocycles. The molecule has 0 bridgehead atoms. The highest BCUT2D eigenvalue weighted by molar-refractivity contribution is 5.78. The molecule has 2 rings (SSSR count). The topological polar surface area (TPSA) is 32.3 Å². The standard InChI is InChI=1S/C10H14N2O/c1-2-3-11-10(13)7-12-5-8-4-9(8)6-12/h1,8-9H,3-7H2,(H,11,13). The number of amides is 1. The lowest BCUT2D eigenvalue weighted by atomic mass is 10.4. The summed E-state index contributed by atoms with van der Waals surface area (Å²) in [6.45, 7) is 3.08. The average Bonchev–Trinajstić information content (AvgIpc) is 2.71. The predicted octanol–water partition coefficient (Wildman–Crippen LogP) is -0.312. The summed E-state index contributed by atoms with van der Waals surface area (Å²) in [7, 11) is 0. The Labute approximate surface area is 78.5 Å². The fourth-order valence-electron chi connectivity index (χ4n) is 2.03. The van der Waals surface area contributed by atoms with E-state index in [9.17, 15) is 4.79 Å². The molecule has 2 unspecified atom stereocenters. The van der Waals surface area contributed by atoms with Gasteiger partial charge in [-0.1, -0.05) is 5.92 Å². The van der Waals surface area contributed by atoms with Crippen molar-refractivity contribution >= 4 is 5.91 Å². The van der Waals surface area contributed by atoms with E-state index in [1.54, 1.807) is 0 Å². The molecular weight excluding hydrogens is 164 g/mol. The van der Waals surface area contributed by atoms with Crippen LogP contribution in [0.25, 0.3) is 0 Å². The first-order valence-corrected chi connectivity index (χ1v) is 4.72. The van der Waals surface area contributed by atoms with Gasteiger partial charge in [0.15, 0.2) is 0 Å². The monoisotopic (exact) mass is 178 g/mol. The Bertz CT molecular complexity index is 246. The molecule has 2 fully saturated rings. The molecule has 3 heteroatoms. The molecule has 1 aliphatic carbocycles. The number of hydrogen-bond donors (Lipinski definition) is 1. The van der Waals surface area contributed by atoms with Gasteiger partial charge in [0, 0.05) is 13.1 Å². The molecule has 2 atom stereocenters. The predicted molar refractivity (Wildman–Crippen MR) is 49.9 cm³/mol. The number of piperidine rings is 1. The van der Waals surface area contributed by atoms with E-state index in [-0.39, 0.29) is 5.91 Å². The maximum atomic E-state index is 11.2. The number of hydrogen-bond acceptors (Lipinski definition) is 2. The zero-order chi connectivity index (χ0) is 9.26. The van der Waals surface area contributed by atoms with Gasteiger partial charge >= 0.3 is 0 Å². The first kappa shape index (κ1) is 8.58. The maximum Gasteiger partial charge on any atom is 0.234 e. The molecule has 1 saturated heterocycles. The van der Waals surface area contributed by atoms with Crippen LogP contribution in [-0.4, -0.2) is 37.0 Å². The first-order valence-electron chi connectivity index (χ1n) is 4.72. The van der Waals surface area contributed by atoms with Crippen LogP contribution in [0.5, 0.6) is 0 Å². The second kappa shape index (κ2) is 3.39. The number of rotatable bonds is 3. The minimum absolute atomic E-state index is 0.0549. The normalized spacial score (nSPS) is 30.7. The summed E-state index contributed by atoms with van der Waals surface area (Å²) >= 11 is 0. The lowest BCUT2D eigenvalue weighted by Crippen LogP contribution is -2.36. The summed E-state index contributed by atoms with van der Waals surface area (Å²) in [6.07, 6.45) is 6.41. The Balaban J connectivity index is 1.67. The quantitative estimate of drug-likeness (QED) is 0.601. The van der Waals surface area contributed by atoms with Gasteiger partial charge in [0.1, 0.15) is 0 Å². The summed E-state index contributed by atoms with van der Waals surface area (Å²) in [6, 6.07) is 0. The Hall–Kier alpha value is -1.01. The second-order valence-electron chi connectivity index (χ2n) is 3.93. The van der Waals surface area contributed by atoms with Gasteiger partial charge in [-0.3, -0.25) is 9.69 Å². The molecule has 1 heterocycles. The van der Waals surface area contributed by atoms with Crippen molar-refractivity contribution in [2.24, 2.45) is 11.8 Å². The molecule has 0 spiro atoms. The van der Waals surface area contributed by atoms with Gasteiger partial charge in [-0.2, -0.15) is 0 Å². The van der Waals surface area contributed by atoms with Crippen LogP contribution >= 0.6 is 0 Å². The van der Waals surface area contributed by atoms with E-state index in [1.807, 2.05) is 0 Å². The van der Waals surface area contributed by atoms with Crippen LogP contribution in [0.1, 0.15) is 6.42 Å². The minimum atomic E-state index is 0.0549. The highest BCUT2D eigenvalue weighted by Gasteiger charge is 2.45. The Kier molecular flexibility index (Phi) is 2.24. The average molecular weight is 178 g/mol. The Morgan fingerprint density at radius 3 is 2.85 bits per heavy atom. The van der Waals surface area contributed by atoms with Crippen molar-refractivity contribution in [3.8, 4) is 12.3 Å². The number of terminal acetylenes is 1. The number of likely N-dealkylation sites (tertiary alicyclic amines) is 1.